The SMILES string of the molecule is CCOC(=O)c1n[nH]nc1-c1cc(Cl)cc([N+](=O)[O-])c1. The molecule has 1 aromatic heterocycles. The highest BCUT2D eigenvalue weighted by Gasteiger charge is 2.21. The molecule has 0 amide bonds. The molecule has 0 bridgehead atoms. The van der Waals surface area contributed by atoms with Crippen molar-refractivity contribution in [2.75, 3.05) is 6.61 Å². The van der Waals surface area contributed by atoms with Gasteiger partial charge in [0.1, 0.15) is 5.69 Å². The van der Waals surface area contributed by atoms with Gasteiger partial charge >= 0.3 is 5.97 Å². The Balaban J connectivity index is 2.50. The van der Waals surface area contributed by atoms with E-state index < -0.39 is 10.9 Å². The number of hydrogen-bond acceptors (Lipinski definition) is 6. The number of H-pyrrole nitrogens is 1. The molecule has 0 atom stereocenters. The van der Waals surface area contributed by atoms with Crippen LogP contribution in [0.5, 0.6) is 0 Å². The first kappa shape index (κ1) is 13.9. The molecule has 0 aliphatic carbocycles. The number of benzene rings is 1. The number of aromatic amines is 1. The number of nitro groups is 1. The summed E-state index contributed by atoms with van der Waals surface area (Å²) in [6.45, 7) is 1.84. The third kappa shape index (κ3) is 2.75. The molecule has 2 aromatic rings. The second kappa shape index (κ2) is 5.66. The molecule has 20 heavy (non-hydrogen) atoms. The average molecular weight is 297 g/mol. The van der Waals surface area contributed by atoms with Crippen LogP contribution in [0.25, 0.3) is 11.3 Å². The van der Waals surface area contributed by atoms with Crippen LogP contribution in [0.4, 0.5) is 5.69 Å². The second-order valence-electron chi connectivity index (χ2n) is 3.70. The van der Waals surface area contributed by atoms with E-state index in [2.05, 4.69) is 15.4 Å². The van der Waals surface area contributed by atoms with E-state index in [4.69, 9.17) is 16.3 Å². The Labute approximate surface area is 117 Å². The Morgan fingerprint density at radius 3 is 2.85 bits per heavy atom. The molecule has 2 rings (SSSR count). The van der Waals surface area contributed by atoms with Gasteiger partial charge in [-0.2, -0.15) is 10.3 Å². The molecule has 8 nitrogen and oxygen atoms in total. The number of aromatic nitrogens is 3. The molecule has 0 unspecified atom stereocenters. The van der Waals surface area contributed by atoms with E-state index in [0.29, 0.717) is 5.56 Å². The van der Waals surface area contributed by atoms with E-state index in [1.54, 1.807) is 6.92 Å². The minimum atomic E-state index is -0.668. The first-order valence-electron chi connectivity index (χ1n) is 5.56. The quantitative estimate of drug-likeness (QED) is 0.526. The van der Waals surface area contributed by atoms with Crippen LogP contribution < -0.4 is 0 Å². The number of rotatable bonds is 4. The molecule has 0 saturated heterocycles. The minimum Gasteiger partial charge on any atom is -0.461 e. The van der Waals surface area contributed by atoms with E-state index in [1.807, 2.05) is 0 Å². The predicted octanol–water partition coefficient (Wildman–Crippen LogP) is 2.21. The van der Waals surface area contributed by atoms with Crippen molar-refractivity contribution in [3.8, 4) is 11.3 Å². The van der Waals surface area contributed by atoms with Crippen LogP contribution in [0.15, 0.2) is 18.2 Å². The Morgan fingerprint density at radius 1 is 1.45 bits per heavy atom. The maximum atomic E-state index is 11.7. The number of non-ortho nitro benzene ring substituents is 1. The lowest BCUT2D eigenvalue weighted by molar-refractivity contribution is -0.384. The fraction of sp³-hybridized carbons (Fsp3) is 0.182. The number of nitrogens with zero attached hydrogens (tertiary/aromatic N) is 3. The topological polar surface area (TPSA) is 111 Å². The van der Waals surface area contributed by atoms with Gasteiger partial charge in [0.05, 0.1) is 11.5 Å². The Hall–Kier alpha value is -2.48. The molecule has 0 fully saturated rings. The van der Waals surface area contributed by atoms with Gasteiger partial charge in [-0.05, 0) is 13.0 Å². The van der Waals surface area contributed by atoms with Crippen LogP contribution in [0.3, 0.4) is 0 Å². The fourth-order valence-electron chi connectivity index (χ4n) is 1.59. The lowest BCUT2D eigenvalue weighted by atomic mass is 10.1. The van der Waals surface area contributed by atoms with E-state index in [0.717, 1.165) is 0 Å². The number of nitrogens with one attached hydrogen (secondary N) is 1. The fourth-order valence-corrected chi connectivity index (χ4v) is 1.82. The van der Waals surface area contributed by atoms with Crippen LogP contribution in [0, 0.1) is 10.1 Å². The summed E-state index contributed by atoms with van der Waals surface area (Å²) in [6, 6.07) is 3.91. The third-order valence-electron chi connectivity index (χ3n) is 2.38. The minimum absolute atomic E-state index is 0.0524. The molecule has 0 aliphatic heterocycles. The van der Waals surface area contributed by atoms with Crippen molar-refractivity contribution in [2.45, 2.75) is 6.92 Å². The van der Waals surface area contributed by atoms with Crippen LogP contribution in [0.2, 0.25) is 5.02 Å². The van der Waals surface area contributed by atoms with Crippen molar-refractivity contribution in [2.24, 2.45) is 0 Å². The van der Waals surface area contributed by atoms with Crippen molar-refractivity contribution in [1.82, 2.24) is 15.4 Å². The maximum absolute atomic E-state index is 11.7. The number of hydrogen-bond donors (Lipinski definition) is 1. The van der Waals surface area contributed by atoms with E-state index >= 15 is 0 Å². The number of esters is 1. The zero-order valence-corrected chi connectivity index (χ0v) is 11.0. The highest BCUT2D eigenvalue weighted by molar-refractivity contribution is 6.31. The van der Waals surface area contributed by atoms with Crippen LogP contribution in [-0.4, -0.2) is 32.9 Å². The first-order chi connectivity index (χ1) is 9.52. The normalized spacial score (nSPS) is 10.3. The summed E-state index contributed by atoms with van der Waals surface area (Å²) in [5.41, 5.74) is 0.198. The van der Waals surface area contributed by atoms with Gasteiger partial charge in [-0.1, -0.05) is 11.6 Å². The average Bonchev–Trinajstić information content (AvgIpc) is 2.87. The molecular formula is C11H9ClN4O4. The molecule has 1 aromatic carbocycles. The van der Waals surface area contributed by atoms with E-state index in [1.165, 1.54) is 18.2 Å². The van der Waals surface area contributed by atoms with Crippen molar-refractivity contribution < 1.29 is 14.5 Å². The number of carbonyl (C=O) groups is 1. The summed E-state index contributed by atoms with van der Waals surface area (Å²) in [7, 11) is 0. The van der Waals surface area contributed by atoms with Gasteiger partial charge in [0, 0.05) is 22.7 Å². The Bertz CT molecular complexity index is 670. The zero-order chi connectivity index (χ0) is 14.7. The Morgan fingerprint density at radius 2 is 2.20 bits per heavy atom. The second-order valence-corrected chi connectivity index (χ2v) is 4.13. The van der Waals surface area contributed by atoms with Gasteiger partial charge < -0.3 is 4.74 Å². The van der Waals surface area contributed by atoms with Crippen molar-refractivity contribution in [3.63, 3.8) is 0 Å². The molecule has 9 heteroatoms. The van der Waals surface area contributed by atoms with Crippen molar-refractivity contribution in [3.05, 3.63) is 39.0 Å². The highest BCUT2D eigenvalue weighted by atomic mass is 35.5. The summed E-state index contributed by atoms with van der Waals surface area (Å²) in [5.74, 6) is -0.668. The summed E-state index contributed by atoms with van der Waals surface area (Å²) in [6.07, 6.45) is 0. The number of halogens is 1. The molecular weight excluding hydrogens is 288 g/mol. The van der Waals surface area contributed by atoms with Gasteiger partial charge in [0.25, 0.3) is 5.69 Å². The maximum Gasteiger partial charge on any atom is 0.361 e. The molecule has 0 aliphatic rings. The first-order valence-corrected chi connectivity index (χ1v) is 5.94. The van der Waals surface area contributed by atoms with Crippen LogP contribution >= 0.6 is 11.6 Å². The summed E-state index contributed by atoms with van der Waals surface area (Å²) >= 11 is 5.83. The smallest absolute Gasteiger partial charge is 0.361 e. The zero-order valence-electron chi connectivity index (χ0n) is 10.3. The third-order valence-corrected chi connectivity index (χ3v) is 2.60. The van der Waals surface area contributed by atoms with Crippen LogP contribution in [0.1, 0.15) is 17.4 Å². The molecule has 0 saturated carbocycles. The Kier molecular flexibility index (Phi) is 3.94. The predicted molar refractivity (Wildman–Crippen MR) is 69.4 cm³/mol. The number of ether oxygens (including phenoxy) is 1. The van der Waals surface area contributed by atoms with Gasteiger partial charge in [-0.15, -0.1) is 5.10 Å². The number of carbonyl (C=O) groups excluding carboxylic acids is 1. The molecule has 1 N–H and O–H groups in total. The molecule has 0 radical (unpaired) electrons. The largest absolute Gasteiger partial charge is 0.461 e. The van der Waals surface area contributed by atoms with Gasteiger partial charge in [-0.25, -0.2) is 4.79 Å². The van der Waals surface area contributed by atoms with Gasteiger partial charge in [0.15, 0.2) is 5.69 Å². The highest BCUT2D eigenvalue weighted by Crippen LogP contribution is 2.28. The van der Waals surface area contributed by atoms with Crippen molar-refractivity contribution in [1.29, 1.82) is 0 Å². The summed E-state index contributed by atoms with van der Waals surface area (Å²) < 4.78 is 4.83. The molecule has 0 spiro atoms. The van der Waals surface area contributed by atoms with Crippen LogP contribution in [-0.2, 0) is 4.74 Å². The lowest BCUT2D eigenvalue weighted by Crippen LogP contribution is -2.06. The van der Waals surface area contributed by atoms with Gasteiger partial charge in [-0.3, -0.25) is 10.1 Å². The summed E-state index contributed by atoms with van der Waals surface area (Å²) in [5, 5.41) is 20.8. The van der Waals surface area contributed by atoms with Gasteiger partial charge in [0.2, 0.25) is 0 Å². The molecule has 1 heterocycles. The van der Waals surface area contributed by atoms with E-state index in [-0.39, 0.29) is 28.7 Å². The summed E-state index contributed by atoms with van der Waals surface area (Å²) in [4.78, 5) is 21.9. The lowest BCUT2D eigenvalue weighted by Gasteiger charge is -2.02. The van der Waals surface area contributed by atoms with E-state index in [9.17, 15) is 14.9 Å². The molecule has 104 valence electrons. The van der Waals surface area contributed by atoms with Crippen molar-refractivity contribution >= 4 is 23.3 Å². The monoisotopic (exact) mass is 296 g/mol. The number of nitro benzene ring substituents is 1. The standard InChI is InChI=1S/C11H9ClN4O4/c1-2-20-11(17)10-9(13-15-14-10)6-3-7(12)5-8(4-6)16(18)19/h3-5H,2H2,1H3,(H,13,14,15).